The van der Waals surface area contributed by atoms with E-state index in [0.29, 0.717) is 6.04 Å². The fraction of sp³-hybridized carbons (Fsp3) is 0.600. The van der Waals surface area contributed by atoms with Gasteiger partial charge in [0, 0.05) is 30.8 Å². The van der Waals surface area contributed by atoms with Gasteiger partial charge in [-0.05, 0) is 50.0 Å². The molecule has 0 amide bonds. The van der Waals surface area contributed by atoms with Crippen molar-refractivity contribution in [1.29, 1.82) is 0 Å². The molecule has 0 saturated carbocycles. The number of nitrogens with zero attached hydrogens (tertiary/aromatic N) is 1. The number of halogens is 1. The van der Waals surface area contributed by atoms with Gasteiger partial charge in [-0.2, -0.15) is 0 Å². The molecule has 0 aromatic heterocycles. The average molecular weight is 283 g/mol. The Morgan fingerprint density at radius 3 is 3.11 bits per heavy atom. The van der Waals surface area contributed by atoms with E-state index in [0.717, 1.165) is 37.6 Å². The van der Waals surface area contributed by atoms with Gasteiger partial charge in [0.1, 0.15) is 0 Å². The number of nitrogens with one attached hydrogen (secondary N) is 1. The van der Waals surface area contributed by atoms with Crippen molar-refractivity contribution in [3.8, 4) is 0 Å². The summed E-state index contributed by atoms with van der Waals surface area (Å²) in [6, 6.07) is 8.66. The quantitative estimate of drug-likeness (QED) is 0.786. The Balaban J connectivity index is 1.80. The zero-order valence-corrected chi connectivity index (χ0v) is 12.1. The number of hydrogen-bond donors (Lipinski definition) is 2. The second-order valence-corrected chi connectivity index (χ2v) is 5.67. The van der Waals surface area contributed by atoms with E-state index in [4.69, 9.17) is 16.7 Å². The molecule has 0 spiro atoms. The highest BCUT2D eigenvalue weighted by atomic mass is 35.5. The summed E-state index contributed by atoms with van der Waals surface area (Å²) < 4.78 is 0. The maximum absolute atomic E-state index is 8.81. The smallest absolute Gasteiger partial charge is 0.0443 e. The van der Waals surface area contributed by atoms with Crippen LogP contribution in [0.2, 0.25) is 5.02 Å². The zero-order chi connectivity index (χ0) is 13.5. The molecule has 1 aliphatic rings. The van der Waals surface area contributed by atoms with Crippen LogP contribution in [0, 0.1) is 0 Å². The largest absolute Gasteiger partial charge is 0.396 e. The second kappa shape index (κ2) is 7.85. The highest BCUT2D eigenvalue weighted by Crippen LogP contribution is 2.16. The summed E-state index contributed by atoms with van der Waals surface area (Å²) in [5, 5.41) is 13.1. The normalized spacial score (nSPS) is 20.6. The molecule has 4 heteroatoms. The number of benzene rings is 1. The monoisotopic (exact) mass is 282 g/mol. The molecule has 3 nitrogen and oxygen atoms in total. The van der Waals surface area contributed by atoms with Crippen LogP contribution < -0.4 is 5.32 Å². The molecule has 2 N–H and O–H groups in total. The van der Waals surface area contributed by atoms with Crippen molar-refractivity contribution in [3.05, 3.63) is 34.9 Å². The molecule has 1 fully saturated rings. The topological polar surface area (TPSA) is 35.5 Å². The van der Waals surface area contributed by atoms with Crippen LogP contribution in [-0.2, 0) is 6.54 Å². The third-order valence-electron chi connectivity index (χ3n) is 3.57. The summed E-state index contributed by atoms with van der Waals surface area (Å²) in [7, 11) is 0. The van der Waals surface area contributed by atoms with Crippen molar-refractivity contribution in [3.63, 3.8) is 0 Å². The minimum absolute atomic E-state index is 0.270. The zero-order valence-electron chi connectivity index (χ0n) is 11.3. The van der Waals surface area contributed by atoms with Crippen LogP contribution >= 0.6 is 11.6 Å². The van der Waals surface area contributed by atoms with Gasteiger partial charge in [0.2, 0.25) is 0 Å². The van der Waals surface area contributed by atoms with E-state index in [-0.39, 0.29) is 6.61 Å². The minimum Gasteiger partial charge on any atom is -0.396 e. The molecule has 1 aromatic rings. The lowest BCUT2D eigenvalue weighted by atomic mass is 10.0. The van der Waals surface area contributed by atoms with Gasteiger partial charge in [0.15, 0.2) is 0 Å². The molecule has 0 bridgehead atoms. The lowest BCUT2D eigenvalue weighted by Crippen LogP contribution is -2.45. The highest BCUT2D eigenvalue weighted by Gasteiger charge is 2.19. The molecule has 1 aliphatic heterocycles. The fourth-order valence-electron chi connectivity index (χ4n) is 2.64. The standard InChI is InChI=1S/C15H23ClN2O/c16-14-5-1-4-13(10-14)11-18-8-2-6-15(12-18)17-7-3-9-19/h1,4-5,10,15,17,19H,2-3,6-9,11-12H2. The summed E-state index contributed by atoms with van der Waals surface area (Å²) in [5.74, 6) is 0. The first-order chi connectivity index (χ1) is 9.28. The molecule has 106 valence electrons. The van der Waals surface area contributed by atoms with Crippen LogP contribution in [-0.4, -0.2) is 42.3 Å². The molecule has 1 atom stereocenters. The van der Waals surface area contributed by atoms with Gasteiger partial charge < -0.3 is 10.4 Å². The summed E-state index contributed by atoms with van der Waals surface area (Å²) in [6.45, 7) is 4.39. The van der Waals surface area contributed by atoms with Crippen LogP contribution in [0.25, 0.3) is 0 Å². The Labute approximate surface area is 120 Å². The lowest BCUT2D eigenvalue weighted by molar-refractivity contribution is 0.181. The van der Waals surface area contributed by atoms with Crippen LogP contribution in [0.4, 0.5) is 0 Å². The number of hydrogen-bond acceptors (Lipinski definition) is 3. The third kappa shape index (κ3) is 5.11. The van der Waals surface area contributed by atoms with Gasteiger partial charge in [-0.3, -0.25) is 4.90 Å². The first-order valence-corrected chi connectivity index (χ1v) is 7.47. The highest BCUT2D eigenvalue weighted by molar-refractivity contribution is 6.30. The van der Waals surface area contributed by atoms with Crippen molar-refractivity contribution in [1.82, 2.24) is 10.2 Å². The molecule has 1 heterocycles. The molecule has 19 heavy (non-hydrogen) atoms. The Bertz CT molecular complexity index is 386. The summed E-state index contributed by atoms with van der Waals surface area (Å²) in [6.07, 6.45) is 3.31. The summed E-state index contributed by atoms with van der Waals surface area (Å²) in [4.78, 5) is 2.48. The SMILES string of the molecule is OCCCNC1CCCN(Cc2cccc(Cl)c2)C1. The molecule has 0 aliphatic carbocycles. The fourth-order valence-corrected chi connectivity index (χ4v) is 2.86. The van der Waals surface area contributed by atoms with Gasteiger partial charge in [-0.15, -0.1) is 0 Å². The van der Waals surface area contributed by atoms with Gasteiger partial charge in [0.05, 0.1) is 0 Å². The summed E-state index contributed by atoms with van der Waals surface area (Å²) >= 11 is 6.02. The van der Waals surface area contributed by atoms with Crippen molar-refractivity contribution < 1.29 is 5.11 Å². The Hall–Kier alpha value is -0.610. The molecule has 1 saturated heterocycles. The molecule has 0 radical (unpaired) electrons. The van der Waals surface area contributed by atoms with Crippen molar-refractivity contribution in [2.45, 2.75) is 31.8 Å². The van der Waals surface area contributed by atoms with Crippen LogP contribution in [0.3, 0.4) is 0 Å². The Kier molecular flexibility index (Phi) is 6.11. The van der Waals surface area contributed by atoms with Crippen molar-refractivity contribution in [2.24, 2.45) is 0 Å². The minimum atomic E-state index is 0.270. The predicted octanol–water partition coefficient (Wildman–Crippen LogP) is 2.28. The van der Waals surface area contributed by atoms with E-state index < -0.39 is 0 Å². The maximum Gasteiger partial charge on any atom is 0.0443 e. The van der Waals surface area contributed by atoms with Gasteiger partial charge in [-0.25, -0.2) is 0 Å². The van der Waals surface area contributed by atoms with Crippen LogP contribution in [0.1, 0.15) is 24.8 Å². The molecular weight excluding hydrogens is 260 g/mol. The number of rotatable bonds is 6. The van der Waals surface area contributed by atoms with Gasteiger partial charge in [-0.1, -0.05) is 23.7 Å². The predicted molar refractivity (Wildman–Crippen MR) is 79.5 cm³/mol. The first-order valence-electron chi connectivity index (χ1n) is 7.09. The number of aliphatic hydroxyl groups excluding tert-OH is 1. The first kappa shape index (κ1) is 14.8. The molecule has 1 aromatic carbocycles. The van der Waals surface area contributed by atoms with E-state index in [1.54, 1.807) is 0 Å². The van der Waals surface area contributed by atoms with E-state index >= 15 is 0 Å². The number of aliphatic hydroxyl groups is 1. The van der Waals surface area contributed by atoms with Gasteiger partial charge in [0.25, 0.3) is 0 Å². The van der Waals surface area contributed by atoms with Crippen molar-refractivity contribution >= 4 is 11.6 Å². The summed E-state index contributed by atoms with van der Waals surface area (Å²) in [5.41, 5.74) is 1.28. The average Bonchev–Trinajstić information content (AvgIpc) is 2.39. The maximum atomic E-state index is 8.81. The van der Waals surface area contributed by atoms with E-state index in [1.165, 1.54) is 18.4 Å². The Morgan fingerprint density at radius 2 is 2.32 bits per heavy atom. The van der Waals surface area contributed by atoms with Crippen LogP contribution in [0.5, 0.6) is 0 Å². The molecule has 1 unspecified atom stereocenters. The third-order valence-corrected chi connectivity index (χ3v) is 3.80. The molecule has 2 rings (SSSR count). The Morgan fingerprint density at radius 1 is 1.42 bits per heavy atom. The number of piperidine rings is 1. The van der Waals surface area contributed by atoms with Crippen LogP contribution in [0.15, 0.2) is 24.3 Å². The van der Waals surface area contributed by atoms with Crippen molar-refractivity contribution in [2.75, 3.05) is 26.2 Å². The van der Waals surface area contributed by atoms with E-state index in [9.17, 15) is 0 Å². The van der Waals surface area contributed by atoms with Gasteiger partial charge >= 0.3 is 0 Å². The second-order valence-electron chi connectivity index (χ2n) is 5.24. The lowest BCUT2D eigenvalue weighted by Gasteiger charge is -2.33. The van der Waals surface area contributed by atoms with E-state index in [1.807, 2.05) is 18.2 Å². The van der Waals surface area contributed by atoms with E-state index in [2.05, 4.69) is 16.3 Å². The molecular formula is C15H23ClN2O. The number of likely N-dealkylation sites (tertiary alicyclic amines) is 1.